The van der Waals surface area contributed by atoms with E-state index >= 15 is 0 Å². The minimum Gasteiger partial charge on any atom is -0.366 e. The van der Waals surface area contributed by atoms with Crippen LogP contribution in [-0.2, 0) is 37.8 Å². The molecular formula is C42H37Cl3F4N10. The van der Waals surface area contributed by atoms with Crippen LogP contribution in [0.4, 0.5) is 29.2 Å². The topological polar surface area (TPSA) is 133 Å². The molecule has 17 heteroatoms. The third kappa shape index (κ3) is 11.2. The van der Waals surface area contributed by atoms with Crippen molar-refractivity contribution in [3.8, 4) is 0 Å². The maximum absolute atomic E-state index is 13.2. The predicted octanol–water partition coefficient (Wildman–Crippen LogP) is 11.1. The number of halogens is 7. The number of pyridine rings is 6. The molecule has 304 valence electrons. The normalized spacial score (nSPS) is 11.5. The Morgan fingerprint density at radius 2 is 0.915 bits per heavy atom. The van der Waals surface area contributed by atoms with Gasteiger partial charge in [0.15, 0.2) is 0 Å². The summed E-state index contributed by atoms with van der Waals surface area (Å²) in [6.07, 6.45) is 15.0. The first kappa shape index (κ1) is 42.8. The molecule has 8 aromatic rings. The molecule has 59 heavy (non-hydrogen) atoms. The molecule has 0 bridgehead atoms. The molecule has 0 unspecified atom stereocenters. The first-order valence-electron chi connectivity index (χ1n) is 18.0. The molecule has 10 nitrogen and oxygen atoms in total. The average molecular weight is 864 g/mol. The summed E-state index contributed by atoms with van der Waals surface area (Å²) in [6.45, 7) is 2.56. The van der Waals surface area contributed by atoms with E-state index in [-0.39, 0.29) is 23.8 Å². The van der Waals surface area contributed by atoms with Gasteiger partial charge in [0.1, 0.15) is 34.3 Å². The number of rotatable bonds is 12. The van der Waals surface area contributed by atoms with Crippen molar-refractivity contribution in [1.29, 1.82) is 0 Å². The van der Waals surface area contributed by atoms with Crippen LogP contribution in [0.25, 0.3) is 22.1 Å². The van der Waals surface area contributed by atoms with Crippen LogP contribution in [0.3, 0.4) is 0 Å². The van der Waals surface area contributed by atoms with Gasteiger partial charge in [-0.25, -0.2) is 19.9 Å². The fourth-order valence-corrected chi connectivity index (χ4v) is 6.34. The second-order valence-electron chi connectivity index (χ2n) is 13.8. The smallest absolute Gasteiger partial charge is 0.286 e. The maximum Gasteiger partial charge on any atom is 0.286 e. The summed E-state index contributed by atoms with van der Waals surface area (Å²) >= 11 is 12.1. The Morgan fingerprint density at radius 3 is 1.25 bits per heavy atom. The number of aromatic amines is 2. The number of hydrogen-bond acceptors (Lipinski definition) is 8. The molecule has 8 rings (SSSR count). The number of nitrogens with one attached hydrogen (secondary N) is 4. The Kier molecular flexibility index (Phi) is 13.3. The van der Waals surface area contributed by atoms with E-state index in [9.17, 15) is 17.6 Å². The van der Waals surface area contributed by atoms with Gasteiger partial charge in [-0.3, -0.25) is 9.97 Å². The summed E-state index contributed by atoms with van der Waals surface area (Å²) in [7, 11) is 0. The molecule has 0 aromatic carbocycles. The van der Waals surface area contributed by atoms with Crippen molar-refractivity contribution in [3.05, 3.63) is 165 Å². The van der Waals surface area contributed by atoms with Crippen molar-refractivity contribution in [2.75, 3.05) is 10.6 Å². The number of fused-ring (bicyclic) bond motifs is 2. The molecule has 8 heterocycles. The molecule has 0 aliphatic heterocycles. The van der Waals surface area contributed by atoms with Crippen molar-refractivity contribution < 1.29 is 17.6 Å². The highest BCUT2D eigenvalue weighted by molar-refractivity contribution is 6.31. The number of alkyl halides is 4. The Balaban J connectivity index is 0.000000195. The number of nitrogens with zero attached hydrogens (tertiary/aromatic N) is 6. The van der Waals surface area contributed by atoms with E-state index in [1.165, 1.54) is 24.5 Å². The fraction of sp³-hybridized carbons (Fsp3) is 0.190. The number of aromatic nitrogens is 8. The van der Waals surface area contributed by atoms with Gasteiger partial charge in [-0.15, -0.1) is 12.4 Å². The second-order valence-corrected chi connectivity index (χ2v) is 14.6. The van der Waals surface area contributed by atoms with Crippen molar-refractivity contribution >= 4 is 69.3 Å². The van der Waals surface area contributed by atoms with E-state index in [4.69, 9.17) is 23.2 Å². The van der Waals surface area contributed by atoms with E-state index in [1.54, 1.807) is 36.9 Å². The molecular weight excluding hydrogens is 827 g/mol. The van der Waals surface area contributed by atoms with Crippen LogP contribution in [0.2, 0.25) is 10.0 Å². The van der Waals surface area contributed by atoms with Gasteiger partial charge in [0.2, 0.25) is 0 Å². The monoisotopic (exact) mass is 862 g/mol. The summed E-state index contributed by atoms with van der Waals surface area (Å²) < 4.78 is 52.9. The van der Waals surface area contributed by atoms with Crippen molar-refractivity contribution in [1.82, 2.24) is 39.9 Å². The second kappa shape index (κ2) is 18.4. The lowest BCUT2D eigenvalue weighted by Crippen LogP contribution is -2.10. The fourth-order valence-electron chi connectivity index (χ4n) is 6.03. The van der Waals surface area contributed by atoms with Crippen LogP contribution in [-0.4, -0.2) is 39.9 Å². The van der Waals surface area contributed by atoms with E-state index in [1.807, 2.05) is 48.8 Å². The number of H-pyrrole nitrogens is 2. The van der Waals surface area contributed by atoms with E-state index < -0.39 is 11.8 Å². The van der Waals surface area contributed by atoms with Gasteiger partial charge in [-0.05, 0) is 69.8 Å². The largest absolute Gasteiger partial charge is 0.366 e. The van der Waals surface area contributed by atoms with Crippen LogP contribution in [0.5, 0.6) is 0 Å². The lowest BCUT2D eigenvalue weighted by molar-refractivity contribution is 0.0121. The Morgan fingerprint density at radius 1 is 0.525 bits per heavy atom. The molecule has 0 saturated heterocycles. The third-order valence-electron chi connectivity index (χ3n) is 9.10. The van der Waals surface area contributed by atoms with Crippen LogP contribution >= 0.6 is 35.6 Å². The lowest BCUT2D eigenvalue weighted by Gasteiger charge is -2.10. The zero-order valence-electron chi connectivity index (χ0n) is 31.6. The Bertz CT molecular complexity index is 2430. The highest BCUT2D eigenvalue weighted by Gasteiger charge is 2.26. The third-order valence-corrected chi connectivity index (χ3v) is 9.52. The van der Waals surface area contributed by atoms with Crippen molar-refractivity contribution in [2.24, 2.45) is 0 Å². The van der Waals surface area contributed by atoms with Gasteiger partial charge in [-0.2, -0.15) is 17.6 Å². The van der Waals surface area contributed by atoms with Crippen molar-refractivity contribution in [3.63, 3.8) is 0 Å². The highest BCUT2D eigenvalue weighted by Crippen LogP contribution is 2.27. The summed E-state index contributed by atoms with van der Waals surface area (Å²) in [5.74, 6) is -4.48. The first-order chi connectivity index (χ1) is 27.8. The first-order valence-corrected chi connectivity index (χ1v) is 18.8. The summed E-state index contributed by atoms with van der Waals surface area (Å²) in [4.78, 5) is 31.3. The molecule has 0 saturated carbocycles. The van der Waals surface area contributed by atoms with Crippen LogP contribution in [0.1, 0.15) is 58.6 Å². The molecule has 0 spiro atoms. The zero-order valence-corrected chi connectivity index (χ0v) is 33.9. The minimum atomic E-state index is -2.93. The number of hydrogen-bond donors (Lipinski definition) is 4. The summed E-state index contributed by atoms with van der Waals surface area (Å²) in [5.41, 5.74) is 7.01. The van der Waals surface area contributed by atoms with Crippen molar-refractivity contribution in [2.45, 2.75) is 51.6 Å². The minimum absolute atomic E-state index is 0. The molecule has 0 aliphatic rings. The van der Waals surface area contributed by atoms with E-state index in [0.29, 0.717) is 47.6 Å². The Labute approximate surface area is 352 Å². The lowest BCUT2D eigenvalue weighted by atomic mass is 10.1. The van der Waals surface area contributed by atoms with Crippen LogP contribution < -0.4 is 10.6 Å². The highest BCUT2D eigenvalue weighted by atomic mass is 35.5. The van der Waals surface area contributed by atoms with E-state index in [0.717, 1.165) is 69.3 Å². The molecule has 0 amide bonds. The predicted molar refractivity (Wildman–Crippen MR) is 226 cm³/mol. The standard InChI is InChI=1S/2C21H18ClF2N5.ClH/c2*1-21(23,24)18-4-2-14(9-25-18)10-27-19-5-3-13(8-26-19)6-15-11-28-20-17(15)7-16(22)12-29-20;/h2*2-5,7-9,11-12H,6,10H2,1H3,(H,26,27)(H,28,29);1H. The Hall–Kier alpha value is -5.83. The van der Waals surface area contributed by atoms with Gasteiger partial charge in [0.25, 0.3) is 11.8 Å². The van der Waals surface area contributed by atoms with Gasteiger partial charge >= 0.3 is 0 Å². The molecule has 4 N–H and O–H groups in total. The van der Waals surface area contributed by atoms with Gasteiger partial charge in [0, 0.05) is 100 Å². The SMILES string of the molecule is CC(F)(F)c1ccc(CNc2ccc(Cc3c[nH]c4ncc(Cl)cc34)cn2)cn1.CC(F)(F)c1ccc(CNc2ccc(Cc3c[nH]c4ncc(Cl)cc34)cn2)cn1.Cl. The summed E-state index contributed by atoms with van der Waals surface area (Å²) in [6, 6.07) is 17.5. The molecule has 8 aromatic heterocycles. The zero-order chi connectivity index (χ0) is 40.9. The molecule has 0 fully saturated rings. The van der Waals surface area contributed by atoms with Gasteiger partial charge < -0.3 is 20.6 Å². The molecule has 0 radical (unpaired) electrons. The summed E-state index contributed by atoms with van der Waals surface area (Å²) in [5, 5.41) is 9.52. The van der Waals surface area contributed by atoms with E-state index in [2.05, 4.69) is 50.5 Å². The quantitative estimate of drug-likeness (QED) is 0.0893. The number of anilines is 2. The average Bonchev–Trinajstić information content (AvgIpc) is 3.79. The van der Waals surface area contributed by atoms with Gasteiger partial charge in [-0.1, -0.05) is 47.5 Å². The van der Waals surface area contributed by atoms with Crippen LogP contribution in [0, 0.1) is 0 Å². The van der Waals surface area contributed by atoms with Crippen LogP contribution in [0.15, 0.2) is 110 Å². The van der Waals surface area contributed by atoms with Gasteiger partial charge in [0.05, 0.1) is 10.0 Å². The molecule has 0 aliphatic carbocycles. The maximum atomic E-state index is 13.2. The molecule has 0 atom stereocenters.